The van der Waals surface area contributed by atoms with Gasteiger partial charge in [-0.3, -0.25) is 19.5 Å². The summed E-state index contributed by atoms with van der Waals surface area (Å²) in [6, 6.07) is 4.66. The molecule has 4 N–H and O–H groups in total. The Kier molecular flexibility index (Phi) is 9.58. The molecule has 0 saturated carbocycles. The summed E-state index contributed by atoms with van der Waals surface area (Å²) in [5.41, 5.74) is 5.71. The van der Waals surface area contributed by atoms with Crippen molar-refractivity contribution in [3.05, 3.63) is 61.7 Å². The fraction of sp³-hybridized carbons (Fsp3) is 0.519. The van der Waals surface area contributed by atoms with Crippen molar-refractivity contribution < 1.29 is 29.4 Å². The molecule has 2 heterocycles. The molecule has 0 aliphatic carbocycles. The number of benzene rings is 1. The summed E-state index contributed by atoms with van der Waals surface area (Å²) in [4.78, 5) is 38.9. The number of carbonyl (C=O) groups excluding carboxylic acids is 1. The summed E-state index contributed by atoms with van der Waals surface area (Å²) in [5.74, 6) is 5.68. The molecule has 1 aliphatic heterocycles. The van der Waals surface area contributed by atoms with E-state index >= 15 is 0 Å². The lowest BCUT2D eigenvalue weighted by Gasteiger charge is -2.31. The van der Waals surface area contributed by atoms with Gasteiger partial charge < -0.3 is 25.4 Å². The lowest BCUT2D eigenvalue weighted by molar-refractivity contribution is -0.386. The number of nitrogens with zero attached hydrogens (tertiary/aromatic N) is 3. The summed E-state index contributed by atoms with van der Waals surface area (Å²) in [6.45, 7) is 6.58. The molecule has 0 amide bonds. The van der Waals surface area contributed by atoms with Gasteiger partial charge in [0.05, 0.1) is 35.9 Å². The molecular weight excluding hydrogens is 508 g/mol. The third kappa shape index (κ3) is 7.48. The first-order valence-corrected chi connectivity index (χ1v) is 12.5. The highest BCUT2D eigenvalue weighted by Crippen LogP contribution is 2.41. The second-order valence-corrected chi connectivity index (χ2v) is 10.5. The van der Waals surface area contributed by atoms with Crippen LogP contribution in [0.4, 0.5) is 11.5 Å². The fourth-order valence-electron chi connectivity index (χ4n) is 4.27. The minimum absolute atomic E-state index is 0.0183. The maximum Gasteiger partial charge on any atom is 0.351 e. The zero-order chi connectivity index (χ0) is 28.9. The second kappa shape index (κ2) is 12.5. The highest BCUT2D eigenvalue weighted by atomic mass is 16.6. The molecule has 12 heteroatoms. The number of nitrogens with two attached hydrogens (primary N) is 1. The van der Waals surface area contributed by atoms with Crippen molar-refractivity contribution in [2.75, 3.05) is 12.3 Å². The van der Waals surface area contributed by atoms with Crippen LogP contribution in [0.3, 0.4) is 0 Å². The molecule has 1 saturated heterocycles. The van der Waals surface area contributed by atoms with E-state index in [1.165, 1.54) is 23.8 Å². The molecule has 1 unspecified atom stereocenters. The standard InChI is InChI=1S/C27H34N4O8/c1-16(33)7-5-6-8-17-9-10-19(20(11-17)31(36)37)24(27(2,3)4)38-15-18-13-30(26(35)29-25(18)28)23-12-21(34)22(14-32)39-23/h9-11,13,21-24,32,34H,5,7,12,14-15H2,1-4H3,(H2,28,29,35)/t21?,22-,23-,24+/m1/s1. The van der Waals surface area contributed by atoms with E-state index < -0.39 is 47.2 Å². The highest BCUT2D eigenvalue weighted by Gasteiger charge is 2.36. The molecular formula is C27H34N4O8. The minimum Gasteiger partial charge on any atom is -0.394 e. The Morgan fingerprint density at radius 3 is 2.72 bits per heavy atom. The average Bonchev–Trinajstić information content (AvgIpc) is 3.22. The number of Topliss-reactive ketones (excluding diaryl/α,β-unsaturated/α-hetero) is 1. The molecule has 210 valence electrons. The summed E-state index contributed by atoms with van der Waals surface area (Å²) < 4.78 is 12.9. The first-order valence-electron chi connectivity index (χ1n) is 12.5. The quantitative estimate of drug-likeness (QED) is 0.242. The van der Waals surface area contributed by atoms with Crippen molar-refractivity contribution in [2.24, 2.45) is 5.41 Å². The number of nitro benzene ring substituents is 1. The lowest BCUT2D eigenvalue weighted by atomic mass is 9.83. The molecule has 1 aromatic heterocycles. The van der Waals surface area contributed by atoms with E-state index in [9.17, 15) is 29.9 Å². The summed E-state index contributed by atoms with van der Waals surface area (Å²) in [5, 5.41) is 31.4. The Morgan fingerprint density at radius 1 is 1.41 bits per heavy atom. The van der Waals surface area contributed by atoms with Gasteiger partial charge in [-0.2, -0.15) is 4.98 Å². The van der Waals surface area contributed by atoms with Crippen molar-refractivity contribution >= 4 is 17.3 Å². The number of ether oxygens (including phenoxy) is 2. The van der Waals surface area contributed by atoms with Gasteiger partial charge in [0.1, 0.15) is 23.9 Å². The van der Waals surface area contributed by atoms with Gasteiger partial charge in [0.2, 0.25) is 0 Å². The van der Waals surface area contributed by atoms with Gasteiger partial charge in [0.25, 0.3) is 5.69 Å². The maximum atomic E-state index is 12.5. The number of rotatable bonds is 9. The van der Waals surface area contributed by atoms with Gasteiger partial charge in [-0.1, -0.05) is 32.6 Å². The van der Waals surface area contributed by atoms with Crippen LogP contribution in [0.5, 0.6) is 0 Å². The average molecular weight is 543 g/mol. The molecule has 12 nitrogen and oxygen atoms in total. The predicted molar refractivity (Wildman–Crippen MR) is 141 cm³/mol. The van der Waals surface area contributed by atoms with Gasteiger partial charge in [-0.25, -0.2) is 4.79 Å². The largest absolute Gasteiger partial charge is 0.394 e. The number of carbonyl (C=O) groups is 1. The van der Waals surface area contributed by atoms with Crippen LogP contribution in [-0.2, 0) is 20.9 Å². The van der Waals surface area contributed by atoms with Crippen LogP contribution in [0.25, 0.3) is 0 Å². The summed E-state index contributed by atoms with van der Waals surface area (Å²) in [6.07, 6.45) is -1.19. The molecule has 4 atom stereocenters. The van der Waals surface area contributed by atoms with Crippen molar-refractivity contribution in [2.45, 2.75) is 78.1 Å². The van der Waals surface area contributed by atoms with Crippen LogP contribution in [0.1, 0.15) is 76.0 Å². The number of anilines is 1. The minimum atomic E-state index is -0.947. The van der Waals surface area contributed by atoms with E-state index in [0.717, 1.165) is 0 Å². The predicted octanol–water partition coefficient (Wildman–Crippen LogP) is 2.40. The van der Waals surface area contributed by atoms with E-state index in [0.29, 0.717) is 29.5 Å². The number of ketones is 1. The van der Waals surface area contributed by atoms with Crippen LogP contribution in [0, 0.1) is 27.4 Å². The van der Waals surface area contributed by atoms with Crippen LogP contribution in [0.2, 0.25) is 0 Å². The molecule has 39 heavy (non-hydrogen) atoms. The number of aliphatic hydroxyl groups excluding tert-OH is 2. The molecule has 1 aromatic carbocycles. The van der Waals surface area contributed by atoms with Crippen molar-refractivity contribution in [1.82, 2.24) is 9.55 Å². The maximum absolute atomic E-state index is 12.5. The Morgan fingerprint density at radius 2 is 2.13 bits per heavy atom. The normalized spacial score (nSPS) is 19.8. The van der Waals surface area contributed by atoms with Crippen LogP contribution in [0.15, 0.2) is 29.2 Å². The summed E-state index contributed by atoms with van der Waals surface area (Å²) in [7, 11) is 0. The number of nitrogen functional groups attached to an aromatic ring is 1. The van der Waals surface area contributed by atoms with E-state index in [1.807, 2.05) is 20.8 Å². The third-order valence-electron chi connectivity index (χ3n) is 6.29. The Bertz CT molecular complexity index is 1340. The second-order valence-electron chi connectivity index (χ2n) is 10.5. The number of hydrogen-bond acceptors (Lipinski definition) is 10. The summed E-state index contributed by atoms with van der Waals surface area (Å²) >= 11 is 0. The first-order chi connectivity index (χ1) is 18.3. The molecule has 1 aliphatic rings. The number of aromatic nitrogens is 2. The molecule has 0 spiro atoms. The van der Waals surface area contributed by atoms with E-state index in [-0.39, 0.29) is 30.3 Å². The van der Waals surface area contributed by atoms with Crippen LogP contribution >= 0.6 is 0 Å². The van der Waals surface area contributed by atoms with Crippen LogP contribution in [-0.4, -0.2) is 49.3 Å². The smallest absolute Gasteiger partial charge is 0.351 e. The van der Waals surface area contributed by atoms with E-state index in [2.05, 4.69) is 16.8 Å². The number of aliphatic hydroxyl groups is 2. The zero-order valence-corrected chi connectivity index (χ0v) is 22.4. The monoisotopic (exact) mass is 542 g/mol. The third-order valence-corrected chi connectivity index (χ3v) is 6.29. The zero-order valence-electron chi connectivity index (χ0n) is 22.4. The molecule has 2 aromatic rings. The Hall–Kier alpha value is -3.63. The molecule has 0 radical (unpaired) electrons. The Labute approximate surface area is 225 Å². The molecule has 3 rings (SSSR count). The van der Waals surface area contributed by atoms with Crippen molar-refractivity contribution in [1.29, 1.82) is 0 Å². The van der Waals surface area contributed by atoms with E-state index in [4.69, 9.17) is 15.2 Å². The number of nitro groups is 1. The van der Waals surface area contributed by atoms with Gasteiger partial charge in [-0.15, -0.1) is 0 Å². The van der Waals surface area contributed by atoms with Crippen molar-refractivity contribution in [3.63, 3.8) is 0 Å². The SMILES string of the molecule is CC(=O)CCC#Cc1ccc([C@H](OCc2cn([C@H]3CC(O)[C@@H](CO)O3)c(=O)nc2N)C(C)(C)C)c([N+](=O)[O-])c1. The van der Waals surface area contributed by atoms with Gasteiger partial charge in [0.15, 0.2) is 0 Å². The highest BCUT2D eigenvalue weighted by molar-refractivity contribution is 5.75. The fourth-order valence-corrected chi connectivity index (χ4v) is 4.27. The van der Waals surface area contributed by atoms with Crippen molar-refractivity contribution in [3.8, 4) is 11.8 Å². The first kappa shape index (κ1) is 29.9. The topological polar surface area (TPSA) is 180 Å². The van der Waals surface area contributed by atoms with Gasteiger partial charge in [0, 0.05) is 42.7 Å². The molecule has 1 fully saturated rings. The van der Waals surface area contributed by atoms with E-state index in [1.54, 1.807) is 12.1 Å². The van der Waals surface area contributed by atoms with Gasteiger partial charge >= 0.3 is 5.69 Å². The lowest BCUT2D eigenvalue weighted by Crippen LogP contribution is -2.29. The van der Waals surface area contributed by atoms with Crippen LogP contribution < -0.4 is 11.4 Å². The number of hydrogen-bond donors (Lipinski definition) is 3. The van der Waals surface area contributed by atoms with Gasteiger partial charge in [-0.05, 0) is 24.5 Å². The molecule has 0 bridgehead atoms. The Balaban J connectivity index is 1.89.